The van der Waals surface area contributed by atoms with Crippen LogP contribution < -0.4 is 5.32 Å². The minimum atomic E-state index is 0.218. The number of hydrogen-bond acceptors (Lipinski definition) is 3. The van der Waals surface area contributed by atoms with Crippen LogP contribution in [0.2, 0.25) is 0 Å². The zero-order valence-corrected chi connectivity index (χ0v) is 13.4. The summed E-state index contributed by atoms with van der Waals surface area (Å²) in [6.07, 6.45) is 1.85. The average molecular weight is 286 g/mol. The first-order valence-corrected chi connectivity index (χ1v) is 7.83. The zero-order valence-electron chi connectivity index (χ0n) is 12.6. The van der Waals surface area contributed by atoms with Gasteiger partial charge in [-0.15, -0.1) is 11.8 Å². The van der Waals surface area contributed by atoms with Crippen molar-refractivity contribution < 1.29 is 0 Å². The summed E-state index contributed by atoms with van der Waals surface area (Å²) in [4.78, 5) is 5.54. The molecule has 0 aliphatic heterocycles. The van der Waals surface area contributed by atoms with Crippen LogP contribution in [0.4, 0.5) is 5.82 Å². The summed E-state index contributed by atoms with van der Waals surface area (Å²) in [6, 6.07) is 13.0. The van der Waals surface area contributed by atoms with Gasteiger partial charge in [0.1, 0.15) is 5.82 Å². The molecule has 0 unspecified atom stereocenters. The third-order valence-corrected chi connectivity index (χ3v) is 4.29. The molecular formula is C17H22N2S. The Morgan fingerprint density at radius 3 is 2.40 bits per heavy atom. The van der Waals surface area contributed by atoms with E-state index in [4.69, 9.17) is 0 Å². The molecule has 1 N–H and O–H groups in total. The lowest BCUT2D eigenvalue weighted by Crippen LogP contribution is -2.10. The maximum Gasteiger partial charge on any atom is 0.125 e. The van der Waals surface area contributed by atoms with Crippen LogP contribution in [0.3, 0.4) is 0 Å². The molecule has 1 aromatic heterocycles. The highest BCUT2D eigenvalue weighted by Crippen LogP contribution is 2.27. The second kappa shape index (κ2) is 6.31. The Morgan fingerprint density at radius 2 is 1.80 bits per heavy atom. The molecule has 0 atom stereocenters. The number of benzene rings is 1. The van der Waals surface area contributed by atoms with Gasteiger partial charge in [-0.25, -0.2) is 4.98 Å². The van der Waals surface area contributed by atoms with Gasteiger partial charge in [-0.2, -0.15) is 0 Å². The lowest BCUT2D eigenvalue weighted by molar-refractivity contribution is 0.590. The highest BCUT2D eigenvalue weighted by atomic mass is 32.2. The largest absolute Gasteiger partial charge is 0.373 e. The van der Waals surface area contributed by atoms with Crippen molar-refractivity contribution in [1.82, 2.24) is 4.98 Å². The first kappa shape index (κ1) is 14.9. The van der Waals surface area contributed by atoms with Gasteiger partial charge in [0.15, 0.2) is 0 Å². The fourth-order valence-corrected chi connectivity index (χ4v) is 2.76. The molecule has 3 heteroatoms. The molecule has 0 fully saturated rings. The highest BCUT2D eigenvalue weighted by Gasteiger charge is 2.12. The molecule has 0 bridgehead atoms. The Bertz CT molecular complexity index is 556. The number of nitrogens with zero attached hydrogens (tertiary/aromatic N) is 1. The molecule has 0 aliphatic carbocycles. The van der Waals surface area contributed by atoms with Gasteiger partial charge in [0.05, 0.1) is 0 Å². The Hall–Kier alpha value is -1.48. The fraction of sp³-hybridized carbons (Fsp3) is 0.353. The van der Waals surface area contributed by atoms with Crippen LogP contribution in [-0.4, -0.2) is 12.0 Å². The molecule has 0 aliphatic rings. The first-order chi connectivity index (χ1) is 9.49. The van der Waals surface area contributed by atoms with Gasteiger partial charge in [-0.3, -0.25) is 0 Å². The summed E-state index contributed by atoms with van der Waals surface area (Å²) in [6.45, 7) is 6.72. The van der Waals surface area contributed by atoms with Crippen molar-refractivity contribution in [3.05, 3.63) is 53.7 Å². The van der Waals surface area contributed by atoms with E-state index < -0.39 is 0 Å². The van der Waals surface area contributed by atoms with Gasteiger partial charge >= 0.3 is 0 Å². The summed E-state index contributed by atoms with van der Waals surface area (Å²) in [5.41, 5.74) is 2.88. The van der Waals surface area contributed by atoms with Crippen molar-refractivity contribution >= 4 is 17.6 Å². The SMILES string of the molecule is CNc1cc(CSc2ccc(C(C)(C)C)cc2)ccn1. The molecule has 1 aromatic carbocycles. The molecule has 106 valence electrons. The van der Waals surface area contributed by atoms with Crippen molar-refractivity contribution in [3.8, 4) is 0 Å². The Labute approximate surface area is 126 Å². The molecule has 1 heterocycles. The molecule has 0 radical (unpaired) electrons. The maximum atomic E-state index is 4.23. The Balaban J connectivity index is 2.00. The quantitative estimate of drug-likeness (QED) is 0.824. The topological polar surface area (TPSA) is 24.9 Å². The van der Waals surface area contributed by atoms with E-state index in [0.717, 1.165) is 11.6 Å². The molecule has 2 rings (SSSR count). The van der Waals surface area contributed by atoms with Crippen LogP contribution in [-0.2, 0) is 11.2 Å². The molecule has 2 aromatic rings. The predicted octanol–water partition coefficient (Wildman–Crippen LogP) is 4.71. The van der Waals surface area contributed by atoms with E-state index in [2.05, 4.69) is 67.5 Å². The number of thioether (sulfide) groups is 1. The third-order valence-electron chi connectivity index (χ3n) is 3.21. The van der Waals surface area contributed by atoms with E-state index >= 15 is 0 Å². The molecule has 0 saturated carbocycles. The van der Waals surface area contributed by atoms with Gasteiger partial charge in [0.2, 0.25) is 0 Å². The van der Waals surface area contributed by atoms with Crippen LogP contribution in [0.1, 0.15) is 31.9 Å². The first-order valence-electron chi connectivity index (χ1n) is 6.85. The smallest absolute Gasteiger partial charge is 0.125 e. The van der Waals surface area contributed by atoms with Crippen molar-refractivity contribution in [3.63, 3.8) is 0 Å². The van der Waals surface area contributed by atoms with Crippen LogP contribution in [0.25, 0.3) is 0 Å². The number of pyridine rings is 1. The van der Waals surface area contributed by atoms with Crippen molar-refractivity contribution in [2.45, 2.75) is 36.8 Å². The number of hydrogen-bond donors (Lipinski definition) is 1. The van der Waals surface area contributed by atoms with Gasteiger partial charge in [0.25, 0.3) is 0 Å². The number of nitrogens with one attached hydrogen (secondary N) is 1. The maximum absolute atomic E-state index is 4.23. The van der Waals surface area contributed by atoms with E-state index in [1.54, 1.807) is 0 Å². The Morgan fingerprint density at radius 1 is 1.10 bits per heavy atom. The van der Waals surface area contributed by atoms with Crippen LogP contribution >= 0.6 is 11.8 Å². The second-order valence-electron chi connectivity index (χ2n) is 5.86. The summed E-state index contributed by atoms with van der Waals surface area (Å²) < 4.78 is 0. The van der Waals surface area contributed by atoms with E-state index in [-0.39, 0.29) is 5.41 Å². The summed E-state index contributed by atoms with van der Waals surface area (Å²) >= 11 is 1.86. The molecule has 2 nitrogen and oxygen atoms in total. The molecule has 0 saturated heterocycles. The van der Waals surface area contributed by atoms with Gasteiger partial charge < -0.3 is 5.32 Å². The van der Waals surface area contributed by atoms with Crippen LogP contribution in [0, 0.1) is 0 Å². The van der Waals surface area contributed by atoms with E-state index in [1.807, 2.05) is 25.0 Å². The van der Waals surface area contributed by atoms with E-state index in [9.17, 15) is 0 Å². The molecule has 0 amide bonds. The van der Waals surface area contributed by atoms with Crippen LogP contribution in [0.15, 0.2) is 47.5 Å². The van der Waals surface area contributed by atoms with Gasteiger partial charge in [-0.1, -0.05) is 32.9 Å². The fourth-order valence-electron chi connectivity index (χ4n) is 1.92. The van der Waals surface area contributed by atoms with E-state index in [1.165, 1.54) is 16.0 Å². The average Bonchev–Trinajstić information content (AvgIpc) is 2.45. The third kappa shape index (κ3) is 4.01. The van der Waals surface area contributed by atoms with Crippen molar-refractivity contribution in [2.24, 2.45) is 0 Å². The lowest BCUT2D eigenvalue weighted by atomic mass is 9.87. The zero-order chi connectivity index (χ0) is 14.6. The minimum absolute atomic E-state index is 0.218. The van der Waals surface area contributed by atoms with Crippen molar-refractivity contribution in [1.29, 1.82) is 0 Å². The molecule has 0 spiro atoms. The summed E-state index contributed by atoms with van der Waals surface area (Å²) in [5.74, 6) is 1.89. The molecular weight excluding hydrogens is 264 g/mol. The van der Waals surface area contributed by atoms with E-state index in [0.29, 0.717) is 0 Å². The second-order valence-corrected chi connectivity index (χ2v) is 6.91. The monoisotopic (exact) mass is 286 g/mol. The standard InChI is InChI=1S/C17H22N2S/c1-17(2,3)14-5-7-15(8-6-14)20-12-13-9-10-19-16(11-13)18-4/h5-11H,12H2,1-4H3,(H,18,19). The number of anilines is 1. The normalized spacial score (nSPS) is 11.4. The summed E-state index contributed by atoms with van der Waals surface area (Å²) in [7, 11) is 1.89. The molecule has 20 heavy (non-hydrogen) atoms. The summed E-state index contributed by atoms with van der Waals surface area (Å²) in [5, 5.41) is 3.07. The number of rotatable bonds is 4. The van der Waals surface area contributed by atoms with Gasteiger partial charge in [0, 0.05) is 23.9 Å². The van der Waals surface area contributed by atoms with Crippen molar-refractivity contribution in [2.75, 3.05) is 12.4 Å². The Kier molecular flexibility index (Phi) is 4.71. The van der Waals surface area contributed by atoms with Crippen LogP contribution in [0.5, 0.6) is 0 Å². The number of aromatic nitrogens is 1. The lowest BCUT2D eigenvalue weighted by Gasteiger charge is -2.19. The van der Waals surface area contributed by atoms with Gasteiger partial charge in [-0.05, 0) is 40.8 Å². The highest BCUT2D eigenvalue weighted by molar-refractivity contribution is 7.98. The predicted molar refractivity (Wildman–Crippen MR) is 88.5 cm³/mol. The minimum Gasteiger partial charge on any atom is -0.373 e.